The lowest BCUT2D eigenvalue weighted by Crippen LogP contribution is -2.30. The number of nitrogens with zero attached hydrogens (tertiary/aromatic N) is 3. The number of methoxy groups -OCH3 is 1. The Morgan fingerprint density at radius 3 is 2.53 bits per heavy atom. The first-order chi connectivity index (χ1) is 16.6. The summed E-state index contributed by atoms with van der Waals surface area (Å²) in [5, 5.41) is 13.8. The van der Waals surface area contributed by atoms with Crippen LogP contribution < -0.4 is 10.2 Å². The minimum absolute atomic E-state index is 0.176. The molecule has 8 heteroatoms. The standard InChI is InChI=1S/C26H22N4O3S/c1-33-25(32)19-7-2-3-9-21(19)29-16-6-10-22(29)24-23(20-8-4-5-15-27-20)28-26(34)30(24)17-11-13-18(31)14-12-17/h2-16,23-24,31H,1H3,(H,28,34)/t23-,24-/m1/s1. The molecule has 2 atom stereocenters. The number of thiocarbonyl (C=S) groups is 1. The second-order valence-electron chi connectivity index (χ2n) is 7.82. The van der Waals surface area contributed by atoms with Gasteiger partial charge in [0.25, 0.3) is 0 Å². The largest absolute Gasteiger partial charge is 0.508 e. The van der Waals surface area contributed by atoms with Crippen LogP contribution in [0.2, 0.25) is 0 Å². The van der Waals surface area contributed by atoms with Gasteiger partial charge in [-0.15, -0.1) is 0 Å². The monoisotopic (exact) mass is 470 g/mol. The summed E-state index contributed by atoms with van der Waals surface area (Å²) in [4.78, 5) is 19.1. The number of nitrogens with one attached hydrogen (secondary N) is 1. The smallest absolute Gasteiger partial charge is 0.339 e. The fourth-order valence-electron chi connectivity index (χ4n) is 4.37. The zero-order valence-corrected chi connectivity index (χ0v) is 19.1. The maximum atomic E-state index is 12.5. The molecule has 1 saturated heterocycles. The van der Waals surface area contributed by atoms with Gasteiger partial charge in [-0.1, -0.05) is 18.2 Å². The summed E-state index contributed by atoms with van der Waals surface area (Å²) >= 11 is 5.77. The van der Waals surface area contributed by atoms with Crippen molar-refractivity contribution in [2.75, 3.05) is 12.0 Å². The van der Waals surface area contributed by atoms with Crippen LogP contribution in [-0.2, 0) is 4.74 Å². The number of aromatic nitrogens is 2. The van der Waals surface area contributed by atoms with E-state index in [0.717, 1.165) is 17.1 Å². The molecule has 2 aromatic carbocycles. The number of para-hydroxylation sites is 1. The number of carbonyl (C=O) groups is 1. The van der Waals surface area contributed by atoms with Gasteiger partial charge in [-0.05, 0) is 72.9 Å². The van der Waals surface area contributed by atoms with Gasteiger partial charge in [0.05, 0.1) is 30.1 Å². The Kier molecular flexibility index (Phi) is 5.73. The lowest BCUT2D eigenvalue weighted by atomic mass is 10.0. The summed E-state index contributed by atoms with van der Waals surface area (Å²) in [7, 11) is 1.37. The summed E-state index contributed by atoms with van der Waals surface area (Å²) in [5.41, 5.74) is 3.74. The summed E-state index contributed by atoms with van der Waals surface area (Å²) in [6.45, 7) is 0. The topological polar surface area (TPSA) is 79.6 Å². The third-order valence-electron chi connectivity index (χ3n) is 5.88. The third kappa shape index (κ3) is 3.78. The van der Waals surface area contributed by atoms with Gasteiger partial charge in [-0.2, -0.15) is 0 Å². The highest BCUT2D eigenvalue weighted by Crippen LogP contribution is 2.42. The minimum atomic E-state index is -0.410. The minimum Gasteiger partial charge on any atom is -0.508 e. The quantitative estimate of drug-likeness (QED) is 0.327. The SMILES string of the molecule is COC(=O)c1ccccc1-n1cccc1[C@@H]1[C@@H](c2ccccn2)NC(=S)N1c1ccc(O)cc1. The highest BCUT2D eigenvalue weighted by molar-refractivity contribution is 7.80. The summed E-state index contributed by atoms with van der Waals surface area (Å²) < 4.78 is 7.00. The fourth-order valence-corrected chi connectivity index (χ4v) is 4.71. The van der Waals surface area contributed by atoms with Gasteiger partial charge >= 0.3 is 5.97 Å². The fraction of sp³-hybridized carbons (Fsp3) is 0.115. The van der Waals surface area contributed by atoms with E-state index in [1.807, 2.05) is 76.3 Å². The Morgan fingerprint density at radius 1 is 1.03 bits per heavy atom. The van der Waals surface area contributed by atoms with Gasteiger partial charge in [-0.3, -0.25) is 4.98 Å². The zero-order valence-electron chi connectivity index (χ0n) is 18.3. The van der Waals surface area contributed by atoms with Crippen molar-refractivity contribution >= 4 is 29.0 Å². The lowest BCUT2D eigenvalue weighted by molar-refractivity contribution is 0.0600. The molecule has 7 nitrogen and oxygen atoms in total. The maximum absolute atomic E-state index is 12.5. The molecule has 0 saturated carbocycles. The maximum Gasteiger partial charge on any atom is 0.339 e. The van der Waals surface area contributed by atoms with Crippen LogP contribution in [0.15, 0.2) is 91.3 Å². The molecule has 1 fully saturated rings. The normalized spacial score (nSPS) is 17.4. The number of pyridine rings is 1. The van der Waals surface area contributed by atoms with E-state index >= 15 is 0 Å². The van der Waals surface area contributed by atoms with E-state index in [2.05, 4.69) is 10.3 Å². The van der Waals surface area contributed by atoms with Gasteiger partial charge < -0.3 is 24.6 Å². The molecule has 2 N–H and O–H groups in total. The van der Waals surface area contributed by atoms with Gasteiger partial charge in [0.15, 0.2) is 5.11 Å². The average molecular weight is 471 g/mol. The molecule has 1 aliphatic heterocycles. The molecule has 170 valence electrons. The molecular weight excluding hydrogens is 448 g/mol. The van der Waals surface area contributed by atoms with E-state index in [9.17, 15) is 9.90 Å². The molecule has 1 aliphatic rings. The number of esters is 1. The van der Waals surface area contributed by atoms with Crippen LogP contribution in [0.25, 0.3) is 5.69 Å². The lowest BCUT2D eigenvalue weighted by Gasteiger charge is -2.29. The number of hydrogen-bond acceptors (Lipinski definition) is 5. The van der Waals surface area contributed by atoms with Crippen molar-refractivity contribution in [3.8, 4) is 11.4 Å². The van der Waals surface area contributed by atoms with Crippen LogP contribution >= 0.6 is 12.2 Å². The van der Waals surface area contributed by atoms with Crippen molar-refractivity contribution in [2.45, 2.75) is 12.1 Å². The van der Waals surface area contributed by atoms with Crippen LogP contribution in [0.5, 0.6) is 5.75 Å². The van der Waals surface area contributed by atoms with Crippen molar-refractivity contribution < 1.29 is 14.6 Å². The molecule has 34 heavy (non-hydrogen) atoms. The summed E-state index contributed by atoms with van der Waals surface area (Å²) in [6.07, 6.45) is 3.68. The Balaban J connectivity index is 1.69. The number of benzene rings is 2. The summed E-state index contributed by atoms with van der Waals surface area (Å²) in [6, 6.07) is 23.4. The van der Waals surface area contributed by atoms with Crippen LogP contribution in [-0.4, -0.2) is 32.8 Å². The van der Waals surface area contributed by atoms with E-state index < -0.39 is 5.97 Å². The van der Waals surface area contributed by atoms with E-state index in [1.54, 1.807) is 24.4 Å². The van der Waals surface area contributed by atoms with Gasteiger partial charge in [0.2, 0.25) is 0 Å². The van der Waals surface area contributed by atoms with E-state index in [1.165, 1.54) is 7.11 Å². The molecule has 0 bridgehead atoms. The third-order valence-corrected chi connectivity index (χ3v) is 6.19. The predicted molar refractivity (Wildman–Crippen MR) is 133 cm³/mol. The van der Waals surface area contributed by atoms with Crippen LogP contribution in [0, 0.1) is 0 Å². The zero-order chi connectivity index (χ0) is 23.7. The van der Waals surface area contributed by atoms with Crippen molar-refractivity contribution in [1.29, 1.82) is 0 Å². The highest BCUT2D eigenvalue weighted by Gasteiger charge is 2.42. The molecule has 4 aromatic rings. The second-order valence-corrected chi connectivity index (χ2v) is 8.21. The molecule has 0 amide bonds. The Bertz CT molecular complexity index is 1340. The number of phenolic OH excluding ortho intramolecular Hbond substituents is 1. The van der Waals surface area contributed by atoms with E-state index in [4.69, 9.17) is 17.0 Å². The molecule has 0 unspecified atom stereocenters. The molecular formula is C26H22N4O3S. The van der Waals surface area contributed by atoms with Crippen LogP contribution in [0.3, 0.4) is 0 Å². The molecule has 0 aliphatic carbocycles. The number of aromatic hydroxyl groups is 1. The average Bonchev–Trinajstić information content (AvgIpc) is 3.49. The first-order valence-corrected chi connectivity index (χ1v) is 11.1. The summed E-state index contributed by atoms with van der Waals surface area (Å²) in [5.74, 6) is -0.234. The van der Waals surface area contributed by atoms with Gasteiger partial charge in [0.1, 0.15) is 11.8 Å². The Hall–Kier alpha value is -4.17. The van der Waals surface area contributed by atoms with Gasteiger partial charge in [0, 0.05) is 23.8 Å². The van der Waals surface area contributed by atoms with Crippen LogP contribution in [0.4, 0.5) is 5.69 Å². The van der Waals surface area contributed by atoms with Crippen LogP contribution in [0.1, 0.15) is 33.8 Å². The first kappa shape index (κ1) is 21.7. The van der Waals surface area contributed by atoms with Crippen molar-refractivity contribution in [1.82, 2.24) is 14.9 Å². The second kappa shape index (κ2) is 8.99. The predicted octanol–water partition coefficient (Wildman–Crippen LogP) is 4.54. The molecule has 5 rings (SSSR count). The number of rotatable bonds is 5. The Labute approximate surface area is 202 Å². The number of phenols is 1. The van der Waals surface area contributed by atoms with Crippen molar-refractivity contribution in [3.63, 3.8) is 0 Å². The first-order valence-electron chi connectivity index (χ1n) is 10.7. The molecule has 0 radical (unpaired) electrons. The molecule has 2 aromatic heterocycles. The molecule has 3 heterocycles. The molecule has 0 spiro atoms. The van der Waals surface area contributed by atoms with Gasteiger partial charge in [-0.25, -0.2) is 4.79 Å². The van der Waals surface area contributed by atoms with Crippen molar-refractivity contribution in [2.24, 2.45) is 0 Å². The number of carbonyl (C=O) groups excluding carboxylic acids is 1. The number of hydrogen-bond donors (Lipinski definition) is 2. The van der Waals surface area contributed by atoms with Crippen molar-refractivity contribution in [3.05, 3.63) is 108 Å². The highest BCUT2D eigenvalue weighted by atomic mass is 32.1. The Morgan fingerprint density at radius 2 is 1.79 bits per heavy atom. The van der Waals surface area contributed by atoms with E-state index in [0.29, 0.717) is 16.4 Å². The number of ether oxygens (including phenoxy) is 1. The van der Waals surface area contributed by atoms with E-state index in [-0.39, 0.29) is 17.8 Å². The number of anilines is 1.